The lowest BCUT2D eigenvalue weighted by Crippen LogP contribution is -2.59. The highest BCUT2D eigenvalue weighted by Crippen LogP contribution is 2.48. The van der Waals surface area contributed by atoms with Crippen LogP contribution in [0.15, 0.2) is 40.9 Å². The fourth-order valence-corrected chi connectivity index (χ4v) is 4.89. The first-order valence-electron chi connectivity index (χ1n) is 10.4. The van der Waals surface area contributed by atoms with Crippen LogP contribution in [-0.2, 0) is 6.54 Å². The van der Waals surface area contributed by atoms with Gasteiger partial charge < -0.3 is 9.32 Å². The Morgan fingerprint density at radius 1 is 1.20 bits per heavy atom. The molecule has 0 aliphatic carbocycles. The second kappa shape index (κ2) is 7.05. The van der Waals surface area contributed by atoms with Gasteiger partial charge in [0.25, 0.3) is 5.91 Å². The van der Waals surface area contributed by atoms with Crippen LogP contribution in [0.3, 0.4) is 0 Å². The van der Waals surface area contributed by atoms with Crippen LogP contribution in [-0.4, -0.2) is 62.4 Å². The number of likely N-dealkylation sites (tertiary alicyclic amines) is 2. The average molecular weight is 406 g/mol. The van der Waals surface area contributed by atoms with Crippen molar-refractivity contribution in [3.05, 3.63) is 53.7 Å². The molecule has 2 fully saturated rings. The molecule has 30 heavy (non-hydrogen) atoms. The quantitative estimate of drug-likeness (QED) is 0.663. The van der Waals surface area contributed by atoms with Gasteiger partial charge in [0.1, 0.15) is 0 Å². The summed E-state index contributed by atoms with van der Waals surface area (Å²) < 4.78 is 7.87. The molecule has 1 amide bonds. The molecule has 2 aliphatic heterocycles. The van der Waals surface area contributed by atoms with E-state index in [1.165, 1.54) is 0 Å². The lowest BCUT2D eigenvalue weighted by Gasteiger charge is -2.48. The summed E-state index contributed by atoms with van der Waals surface area (Å²) in [5.74, 6) is 1.28. The van der Waals surface area contributed by atoms with E-state index >= 15 is 0 Å². The molecule has 1 aromatic carbocycles. The molecular weight excluding hydrogens is 380 g/mol. The maximum absolute atomic E-state index is 12.9. The van der Waals surface area contributed by atoms with Gasteiger partial charge in [0.05, 0.1) is 17.8 Å². The Hall–Kier alpha value is -3.00. The first kappa shape index (κ1) is 19.0. The minimum Gasteiger partial charge on any atom is -0.419 e. The van der Waals surface area contributed by atoms with Gasteiger partial charge in [-0.05, 0) is 39.4 Å². The molecule has 2 aliphatic rings. The molecule has 2 saturated heterocycles. The topological polar surface area (TPSA) is 80.3 Å². The lowest BCUT2D eigenvalue weighted by molar-refractivity contribution is 0.0114. The molecule has 0 saturated carbocycles. The van der Waals surface area contributed by atoms with Crippen molar-refractivity contribution in [3.63, 3.8) is 0 Å². The summed E-state index contributed by atoms with van der Waals surface area (Å²) in [5.41, 5.74) is 2.66. The maximum Gasteiger partial charge on any atom is 0.257 e. The van der Waals surface area contributed by atoms with Gasteiger partial charge in [0.2, 0.25) is 11.8 Å². The molecule has 2 aromatic heterocycles. The van der Waals surface area contributed by atoms with Gasteiger partial charge >= 0.3 is 0 Å². The van der Waals surface area contributed by atoms with Crippen molar-refractivity contribution in [1.29, 1.82) is 0 Å². The number of amides is 1. The SMILES string of the molecule is CCn1ncc(C(=O)N2CC3(CC(c4nnc(-c5ccccc5)o4)N(C)C3)C2)c1C. The number of benzene rings is 1. The number of hydrogen-bond acceptors (Lipinski definition) is 6. The van der Waals surface area contributed by atoms with Crippen LogP contribution in [0.5, 0.6) is 0 Å². The standard InChI is InChI=1S/C22H26N6O2/c1-4-28-15(2)17(11-23-28)21(29)27-13-22(14-27)10-18(26(3)12-22)20-25-24-19(30-20)16-8-6-5-7-9-16/h5-9,11,18H,4,10,12-14H2,1-3H3. The molecule has 1 atom stereocenters. The van der Waals surface area contributed by atoms with Crippen LogP contribution in [0, 0.1) is 12.3 Å². The smallest absolute Gasteiger partial charge is 0.257 e. The van der Waals surface area contributed by atoms with E-state index in [1.54, 1.807) is 6.20 Å². The number of aromatic nitrogens is 4. The van der Waals surface area contributed by atoms with Gasteiger partial charge in [0.15, 0.2) is 0 Å². The highest BCUT2D eigenvalue weighted by atomic mass is 16.4. The number of aryl methyl sites for hydroxylation is 1. The fraction of sp³-hybridized carbons (Fsp3) is 0.455. The first-order valence-corrected chi connectivity index (χ1v) is 10.4. The molecule has 1 unspecified atom stereocenters. The number of carbonyl (C=O) groups is 1. The fourth-order valence-electron chi connectivity index (χ4n) is 4.89. The third kappa shape index (κ3) is 3.02. The highest BCUT2D eigenvalue weighted by molar-refractivity contribution is 5.95. The number of rotatable bonds is 4. The largest absolute Gasteiger partial charge is 0.419 e. The molecule has 0 N–H and O–H groups in total. The lowest BCUT2D eigenvalue weighted by atomic mass is 9.77. The second-order valence-corrected chi connectivity index (χ2v) is 8.57. The molecule has 1 spiro atoms. The molecule has 4 heterocycles. The summed E-state index contributed by atoms with van der Waals surface area (Å²) in [7, 11) is 2.09. The Morgan fingerprint density at radius 3 is 2.67 bits per heavy atom. The van der Waals surface area contributed by atoms with Gasteiger partial charge in [0, 0.05) is 42.9 Å². The van der Waals surface area contributed by atoms with E-state index in [4.69, 9.17) is 4.42 Å². The van der Waals surface area contributed by atoms with Crippen LogP contribution < -0.4 is 0 Å². The van der Waals surface area contributed by atoms with Crippen LogP contribution >= 0.6 is 0 Å². The zero-order valence-electron chi connectivity index (χ0n) is 17.6. The van der Waals surface area contributed by atoms with E-state index in [1.807, 2.05) is 53.8 Å². The normalized spacial score (nSPS) is 20.6. The Morgan fingerprint density at radius 2 is 1.97 bits per heavy atom. The summed E-state index contributed by atoms with van der Waals surface area (Å²) in [6.45, 7) is 7.18. The van der Waals surface area contributed by atoms with Crippen molar-refractivity contribution >= 4 is 5.91 Å². The molecule has 8 heteroatoms. The monoisotopic (exact) mass is 406 g/mol. The molecule has 156 valence electrons. The van der Waals surface area contributed by atoms with Crippen molar-refractivity contribution in [2.45, 2.75) is 32.9 Å². The minimum atomic E-state index is 0.0769. The predicted molar refractivity (Wildman–Crippen MR) is 111 cm³/mol. The summed E-state index contributed by atoms with van der Waals surface area (Å²) in [6.07, 6.45) is 2.61. The Labute approximate surface area is 175 Å². The van der Waals surface area contributed by atoms with Crippen LogP contribution in [0.2, 0.25) is 0 Å². The van der Waals surface area contributed by atoms with Gasteiger partial charge in [-0.25, -0.2) is 0 Å². The number of carbonyl (C=O) groups excluding carboxylic acids is 1. The third-order valence-electron chi connectivity index (χ3n) is 6.46. The molecular formula is C22H26N6O2. The molecule has 0 bridgehead atoms. The van der Waals surface area contributed by atoms with Gasteiger partial charge in [-0.15, -0.1) is 10.2 Å². The van der Waals surface area contributed by atoms with Crippen molar-refractivity contribution in [3.8, 4) is 11.5 Å². The van der Waals surface area contributed by atoms with Gasteiger partial charge in [-0.1, -0.05) is 18.2 Å². The third-order valence-corrected chi connectivity index (χ3v) is 6.46. The van der Waals surface area contributed by atoms with E-state index in [9.17, 15) is 4.79 Å². The van der Waals surface area contributed by atoms with Crippen LogP contribution in [0.4, 0.5) is 0 Å². The summed E-state index contributed by atoms with van der Waals surface area (Å²) in [4.78, 5) is 17.1. The molecule has 5 rings (SSSR count). The second-order valence-electron chi connectivity index (χ2n) is 8.57. The van der Waals surface area contributed by atoms with Gasteiger partial charge in [-0.3, -0.25) is 14.4 Å². The maximum atomic E-state index is 12.9. The van der Waals surface area contributed by atoms with Gasteiger partial charge in [-0.2, -0.15) is 5.10 Å². The van der Waals surface area contributed by atoms with E-state index in [0.29, 0.717) is 17.3 Å². The molecule has 3 aromatic rings. The Balaban J connectivity index is 1.27. The Kier molecular flexibility index (Phi) is 4.47. The number of hydrogen-bond donors (Lipinski definition) is 0. The van der Waals surface area contributed by atoms with Crippen molar-refractivity contribution in [2.75, 3.05) is 26.7 Å². The zero-order chi connectivity index (χ0) is 20.9. The predicted octanol–water partition coefficient (Wildman–Crippen LogP) is 2.78. The highest BCUT2D eigenvalue weighted by Gasteiger charge is 2.53. The van der Waals surface area contributed by atoms with Crippen molar-refractivity contribution < 1.29 is 9.21 Å². The summed E-state index contributed by atoms with van der Waals surface area (Å²) >= 11 is 0. The summed E-state index contributed by atoms with van der Waals surface area (Å²) in [5, 5.41) is 12.9. The molecule has 0 radical (unpaired) electrons. The molecule has 8 nitrogen and oxygen atoms in total. The van der Waals surface area contributed by atoms with Crippen LogP contribution in [0.25, 0.3) is 11.5 Å². The van der Waals surface area contributed by atoms with Crippen molar-refractivity contribution in [1.82, 2.24) is 29.8 Å². The van der Waals surface area contributed by atoms with Crippen LogP contribution in [0.1, 0.15) is 41.3 Å². The average Bonchev–Trinajstić information content (AvgIpc) is 3.43. The van der Waals surface area contributed by atoms with E-state index in [2.05, 4.69) is 27.2 Å². The first-order chi connectivity index (χ1) is 14.5. The number of nitrogens with zero attached hydrogens (tertiary/aromatic N) is 6. The zero-order valence-corrected chi connectivity index (χ0v) is 17.6. The summed E-state index contributed by atoms with van der Waals surface area (Å²) in [6, 6.07) is 9.90. The van der Waals surface area contributed by atoms with Crippen molar-refractivity contribution in [2.24, 2.45) is 5.41 Å². The van der Waals surface area contributed by atoms with E-state index < -0.39 is 0 Å². The van der Waals surface area contributed by atoms with E-state index in [-0.39, 0.29) is 17.4 Å². The minimum absolute atomic E-state index is 0.0769. The van der Waals surface area contributed by atoms with E-state index in [0.717, 1.165) is 43.9 Å². The Bertz CT molecular complexity index is 1070.